The maximum Gasteiger partial charge on any atom is 0.0557 e. The van der Waals surface area contributed by atoms with Crippen LogP contribution in [-0.4, -0.2) is 0 Å². The zero-order valence-electron chi connectivity index (χ0n) is 7.10. The molecule has 13 heavy (non-hydrogen) atoms. The van der Waals surface area contributed by atoms with Crippen LogP contribution >= 0.6 is 38.9 Å². The highest BCUT2D eigenvalue weighted by molar-refractivity contribution is 9.10. The van der Waals surface area contributed by atoms with E-state index < -0.39 is 0 Å². The summed E-state index contributed by atoms with van der Waals surface area (Å²) in [6.45, 7) is 2.15. The monoisotopic (exact) mass is 274 g/mol. The molecule has 0 fully saturated rings. The first kappa shape index (κ1) is 9.50. The van der Waals surface area contributed by atoms with Gasteiger partial charge in [0.05, 0.1) is 5.02 Å². The summed E-state index contributed by atoms with van der Waals surface area (Å²) in [7, 11) is 0. The van der Waals surface area contributed by atoms with Crippen molar-refractivity contribution in [3.8, 4) is 0 Å². The molecule has 1 aromatic heterocycles. The summed E-state index contributed by atoms with van der Waals surface area (Å²) in [4.78, 5) is 0. The smallest absolute Gasteiger partial charge is 0.0557 e. The predicted octanol–water partition coefficient (Wildman–Crippen LogP) is 4.88. The van der Waals surface area contributed by atoms with Gasteiger partial charge in [0.1, 0.15) is 0 Å². The summed E-state index contributed by atoms with van der Waals surface area (Å²) in [6, 6.07) is 4.15. The standard InChI is InChI=1S/C10H8BrClS/c1-2-6-5-8(12)9(11)7-3-4-13-10(6)7/h3-5H,2H2,1H3. The Morgan fingerprint density at radius 1 is 1.54 bits per heavy atom. The van der Waals surface area contributed by atoms with Crippen LogP contribution in [-0.2, 0) is 6.42 Å². The number of halogens is 2. The zero-order valence-corrected chi connectivity index (χ0v) is 10.3. The predicted molar refractivity (Wildman–Crippen MR) is 63.9 cm³/mol. The van der Waals surface area contributed by atoms with Crippen LogP contribution in [0.15, 0.2) is 22.0 Å². The average molecular weight is 276 g/mol. The van der Waals surface area contributed by atoms with Crippen LogP contribution in [0.3, 0.4) is 0 Å². The number of hydrogen-bond acceptors (Lipinski definition) is 1. The minimum Gasteiger partial charge on any atom is -0.143 e. The highest BCUT2D eigenvalue weighted by atomic mass is 79.9. The molecule has 0 saturated carbocycles. The van der Waals surface area contributed by atoms with Gasteiger partial charge in [0.25, 0.3) is 0 Å². The molecule has 1 aromatic carbocycles. The van der Waals surface area contributed by atoms with E-state index in [-0.39, 0.29) is 0 Å². The van der Waals surface area contributed by atoms with Crippen LogP contribution in [0.2, 0.25) is 5.02 Å². The van der Waals surface area contributed by atoms with Gasteiger partial charge in [-0.3, -0.25) is 0 Å². The number of aryl methyl sites for hydroxylation is 1. The van der Waals surface area contributed by atoms with E-state index in [0.717, 1.165) is 15.9 Å². The summed E-state index contributed by atoms with van der Waals surface area (Å²) in [5.74, 6) is 0. The fourth-order valence-electron chi connectivity index (χ4n) is 1.40. The van der Waals surface area contributed by atoms with Crippen molar-refractivity contribution < 1.29 is 0 Å². The van der Waals surface area contributed by atoms with Crippen molar-refractivity contribution in [1.29, 1.82) is 0 Å². The quantitative estimate of drug-likeness (QED) is 0.696. The zero-order chi connectivity index (χ0) is 9.42. The minimum atomic E-state index is 0.808. The largest absolute Gasteiger partial charge is 0.143 e. The van der Waals surface area contributed by atoms with Crippen molar-refractivity contribution in [2.24, 2.45) is 0 Å². The Bertz CT molecular complexity index is 447. The summed E-state index contributed by atoms with van der Waals surface area (Å²) in [5, 5.41) is 4.14. The van der Waals surface area contributed by atoms with Crippen LogP contribution < -0.4 is 0 Å². The Labute approximate surface area is 94.7 Å². The molecular formula is C10H8BrClS. The number of fused-ring (bicyclic) bond motifs is 1. The first-order valence-corrected chi connectivity index (χ1v) is 6.13. The molecular weight excluding hydrogens is 268 g/mol. The van der Waals surface area contributed by atoms with Gasteiger partial charge < -0.3 is 0 Å². The molecule has 2 rings (SSSR count). The van der Waals surface area contributed by atoms with Crippen LogP contribution in [0.1, 0.15) is 12.5 Å². The summed E-state index contributed by atoms with van der Waals surface area (Å²) >= 11 is 11.4. The molecule has 0 aliphatic heterocycles. The van der Waals surface area contributed by atoms with Crippen molar-refractivity contribution >= 4 is 49.0 Å². The van der Waals surface area contributed by atoms with Crippen molar-refractivity contribution in [1.82, 2.24) is 0 Å². The molecule has 0 nitrogen and oxygen atoms in total. The van der Waals surface area contributed by atoms with Crippen LogP contribution in [0.5, 0.6) is 0 Å². The first-order chi connectivity index (χ1) is 6.24. The number of thiophene rings is 1. The maximum absolute atomic E-state index is 6.09. The normalized spacial score (nSPS) is 11.0. The van der Waals surface area contributed by atoms with Gasteiger partial charge in [-0.25, -0.2) is 0 Å². The van der Waals surface area contributed by atoms with Gasteiger partial charge in [0, 0.05) is 14.6 Å². The second kappa shape index (κ2) is 3.60. The molecule has 0 bridgehead atoms. The van der Waals surface area contributed by atoms with E-state index in [1.807, 2.05) is 6.07 Å². The average Bonchev–Trinajstić information content (AvgIpc) is 2.60. The second-order valence-corrected chi connectivity index (χ2v) is 4.96. The Kier molecular flexibility index (Phi) is 2.63. The number of rotatable bonds is 1. The summed E-state index contributed by atoms with van der Waals surface area (Å²) in [5.41, 5.74) is 1.33. The summed E-state index contributed by atoms with van der Waals surface area (Å²) < 4.78 is 2.36. The summed E-state index contributed by atoms with van der Waals surface area (Å²) in [6.07, 6.45) is 1.03. The Balaban J connectivity index is 2.87. The topological polar surface area (TPSA) is 0 Å². The second-order valence-electron chi connectivity index (χ2n) is 2.85. The molecule has 0 amide bonds. The van der Waals surface area contributed by atoms with Gasteiger partial charge in [0.15, 0.2) is 0 Å². The number of benzene rings is 1. The fourth-order valence-corrected chi connectivity index (χ4v) is 3.21. The Hall–Kier alpha value is -0.0500. The molecule has 1 heterocycles. The molecule has 3 heteroatoms. The lowest BCUT2D eigenvalue weighted by molar-refractivity contribution is 1.16. The van der Waals surface area contributed by atoms with Gasteiger partial charge in [-0.15, -0.1) is 11.3 Å². The third-order valence-electron chi connectivity index (χ3n) is 2.08. The first-order valence-electron chi connectivity index (χ1n) is 4.08. The molecule has 0 aliphatic carbocycles. The molecule has 0 aliphatic rings. The van der Waals surface area contributed by atoms with Crippen LogP contribution in [0.4, 0.5) is 0 Å². The van der Waals surface area contributed by atoms with E-state index in [4.69, 9.17) is 11.6 Å². The van der Waals surface area contributed by atoms with E-state index in [1.165, 1.54) is 15.6 Å². The molecule has 0 unspecified atom stereocenters. The van der Waals surface area contributed by atoms with E-state index in [9.17, 15) is 0 Å². The van der Waals surface area contributed by atoms with Gasteiger partial charge in [-0.2, -0.15) is 0 Å². The molecule has 68 valence electrons. The van der Waals surface area contributed by atoms with Crippen LogP contribution in [0, 0.1) is 0 Å². The fraction of sp³-hybridized carbons (Fsp3) is 0.200. The van der Waals surface area contributed by atoms with Crippen molar-refractivity contribution in [2.45, 2.75) is 13.3 Å². The molecule has 0 atom stereocenters. The SMILES string of the molecule is CCc1cc(Cl)c(Br)c2ccsc12. The van der Waals surface area contributed by atoms with Gasteiger partial charge in [0.2, 0.25) is 0 Å². The minimum absolute atomic E-state index is 0.808. The molecule has 0 radical (unpaired) electrons. The van der Waals surface area contributed by atoms with Crippen molar-refractivity contribution in [3.05, 3.63) is 32.6 Å². The highest BCUT2D eigenvalue weighted by Crippen LogP contribution is 2.36. The van der Waals surface area contributed by atoms with E-state index in [1.54, 1.807) is 11.3 Å². The Morgan fingerprint density at radius 3 is 3.00 bits per heavy atom. The van der Waals surface area contributed by atoms with E-state index in [0.29, 0.717) is 0 Å². The Morgan fingerprint density at radius 2 is 2.31 bits per heavy atom. The van der Waals surface area contributed by atoms with Gasteiger partial charge in [-0.1, -0.05) is 18.5 Å². The highest BCUT2D eigenvalue weighted by Gasteiger charge is 2.08. The van der Waals surface area contributed by atoms with Crippen LogP contribution in [0.25, 0.3) is 10.1 Å². The van der Waals surface area contributed by atoms with Crippen molar-refractivity contribution in [3.63, 3.8) is 0 Å². The molecule has 2 aromatic rings. The van der Waals surface area contributed by atoms with Gasteiger partial charge in [-0.05, 0) is 45.4 Å². The third kappa shape index (κ3) is 1.51. The molecule has 0 saturated heterocycles. The van der Waals surface area contributed by atoms with E-state index >= 15 is 0 Å². The molecule has 0 spiro atoms. The maximum atomic E-state index is 6.09. The lowest BCUT2D eigenvalue weighted by Gasteiger charge is -2.03. The lowest BCUT2D eigenvalue weighted by atomic mass is 10.1. The van der Waals surface area contributed by atoms with Gasteiger partial charge >= 0.3 is 0 Å². The lowest BCUT2D eigenvalue weighted by Crippen LogP contribution is -1.81. The van der Waals surface area contributed by atoms with E-state index in [2.05, 4.69) is 34.3 Å². The number of hydrogen-bond donors (Lipinski definition) is 0. The third-order valence-corrected chi connectivity index (χ3v) is 4.46. The van der Waals surface area contributed by atoms with Crippen molar-refractivity contribution in [2.75, 3.05) is 0 Å². The molecule has 0 N–H and O–H groups in total.